The average molecular weight is 252 g/mol. The zero-order chi connectivity index (χ0) is 13.4. The standard InChI is InChI=1S/C13H20N2O3/c1-3-11(8-16)15-13(17)14-9-18-12-6-4-10(2)5-7-12/h4-7,11,16H,3,8-9H2,1-2H3,(H2,14,15,17). The maximum atomic E-state index is 11.4. The second-order valence-electron chi connectivity index (χ2n) is 4.04. The zero-order valence-electron chi connectivity index (χ0n) is 10.8. The van der Waals surface area contributed by atoms with Crippen LogP contribution in [0.3, 0.4) is 0 Å². The van der Waals surface area contributed by atoms with Gasteiger partial charge >= 0.3 is 6.03 Å². The first kappa shape index (κ1) is 14.3. The number of rotatable bonds is 6. The number of urea groups is 1. The minimum atomic E-state index is -0.344. The van der Waals surface area contributed by atoms with E-state index in [0.29, 0.717) is 12.2 Å². The third kappa shape index (κ3) is 5.05. The van der Waals surface area contributed by atoms with Crippen LogP contribution in [0.25, 0.3) is 0 Å². The maximum Gasteiger partial charge on any atom is 0.317 e. The number of aliphatic hydroxyl groups excluding tert-OH is 1. The van der Waals surface area contributed by atoms with Gasteiger partial charge in [-0.3, -0.25) is 0 Å². The number of amides is 2. The fraction of sp³-hybridized carbons (Fsp3) is 0.462. The van der Waals surface area contributed by atoms with Crippen LogP contribution in [0.1, 0.15) is 18.9 Å². The predicted octanol–water partition coefficient (Wildman–Crippen LogP) is 1.40. The molecule has 18 heavy (non-hydrogen) atoms. The Kier molecular flexibility index (Phi) is 6.00. The topological polar surface area (TPSA) is 70.6 Å². The van der Waals surface area contributed by atoms with E-state index in [1.54, 1.807) is 0 Å². The summed E-state index contributed by atoms with van der Waals surface area (Å²) < 4.78 is 5.35. The van der Waals surface area contributed by atoms with Crippen molar-refractivity contribution in [2.24, 2.45) is 0 Å². The van der Waals surface area contributed by atoms with Crippen LogP contribution in [0.5, 0.6) is 5.75 Å². The van der Waals surface area contributed by atoms with Crippen LogP contribution in [0.2, 0.25) is 0 Å². The van der Waals surface area contributed by atoms with Crippen LogP contribution < -0.4 is 15.4 Å². The molecule has 5 nitrogen and oxygen atoms in total. The highest BCUT2D eigenvalue weighted by Gasteiger charge is 2.07. The smallest absolute Gasteiger partial charge is 0.317 e. The number of carbonyl (C=O) groups excluding carboxylic acids is 1. The number of carbonyl (C=O) groups is 1. The van der Waals surface area contributed by atoms with Crippen molar-refractivity contribution in [2.45, 2.75) is 26.3 Å². The molecule has 1 aromatic carbocycles. The van der Waals surface area contributed by atoms with E-state index in [9.17, 15) is 4.79 Å². The highest BCUT2D eigenvalue weighted by atomic mass is 16.5. The van der Waals surface area contributed by atoms with Crippen LogP contribution in [0.4, 0.5) is 4.79 Å². The van der Waals surface area contributed by atoms with Crippen molar-refractivity contribution < 1.29 is 14.6 Å². The molecule has 0 aliphatic carbocycles. The number of hydrogen-bond acceptors (Lipinski definition) is 3. The summed E-state index contributed by atoms with van der Waals surface area (Å²) in [6.45, 7) is 3.92. The lowest BCUT2D eigenvalue weighted by atomic mass is 10.2. The van der Waals surface area contributed by atoms with Gasteiger partial charge in [0.2, 0.25) is 0 Å². The average Bonchev–Trinajstić information content (AvgIpc) is 2.38. The minimum Gasteiger partial charge on any atom is -0.473 e. The van der Waals surface area contributed by atoms with Gasteiger partial charge in [-0.15, -0.1) is 0 Å². The quantitative estimate of drug-likeness (QED) is 0.670. The van der Waals surface area contributed by atoms with Gasteiger partial charge in [0.25, 0.3) is 0 Å². The van der Waals surface area contributed by atoms with E-state index < -0.39 is 0 Å². The monoisotopic (exact) mass is 252 g/mol. The summed E-state index contributed by atoms with van der Waals surface area (Å²) in [5.41, 5.74) is 1.15. The fourth-order valence-electron chi connectivity index (χ4n) is 1.33. The summed E-state index contributed by atoms with van der Waals surface area (Å²) in [6, 6.07) is 7.00. The normalized spacial score (nSPS) is 11.7. The molecule has 0 aliphatic rings. The Morgan fingerprint density at radius 2 is 2.06 bits per heavy atom. The molecule has 0 fully saturated rings. The van der Waals surface area contributed by atoms with E-state index in [1.165, 1.54) is 0 Å². The molecule has 0 bridgehead atoms. The molecular formula is C13H20N2O3. The van der Waals surface area contributed by atoms with Crippen molar-refractivity contribution in [3.63, 3.8) is 0 Å². The van der Waals surface area contributed by atoms with Crippen LogP contribution in [-0.4, -0.2) is 30.5 Å². The van der Waals surface area contributed by atoms with Gasteiger partial charge in [-0.2, -0.15) is 0 Å². The Bertz CT molecular complexity index is 361. The van der Waals surface area contributed by atoms with E-state index in [1.807, 2.05) is 38.1 Å². The van der Waals surface area contributed by atoms with Gasteiger partial charge in [0, 0.05) is 0 Å². The molecule has 0 aliphatic heterocycles. The Balaban J connectivity index is 2.25. The Morgan fingerprint density at radius 1 is 1.39 bits per heavy atom. The van der Waals surface area contributed by atoms with Crippen LogP contribution in [0.15, 0.2) is 24.3 Å². The molecule has 100 valence electrons. The van der Waals surface area contributed by atoms with Gasteiger partial charge in [0.1, 0.15) is 5.75 Å². The first-order valence-corrected chi connectivity index (χ1v) is 6.00. The van der Waals surface area contributed by atoms with E-state index in [2.05, 4.69) is 10.6 Å². The lowest BCUT2D eigenvalue weighted by molar-refractivity contribution is 0.204. The summed E-state index contributed by atoms with van der Waals surface area (Å²) in [5.74, 6) is 0.704. The third-order valence-electron chi connectivity index (χ3n) is 2.54. The molecule has 0 saturated heterocycles. The Hall–Kier alpha value is -1.75. The van der Waals surface area contributed by atoms with Crippen molar-refractivity contribution in [3.05, 3.63) is 29.8 Å². The number of aliphatic hydroxyl groups is 1. The van der Waals surface area contributed by atoms with Crippen LogP contribution in [-0.2, 0) is 0 Å². The molecule has 1 rings (SSSR count). The summed E-state index contributed by atoms with van der Waals surface area (Å²) in [6.07, 6.45) is 0.683. The lowest BCUT2D eigenvalue weighted by Gasteiger charge is -2.15. The second-order valence-corrected chi connectivity index (χ2v) is 4.04. The number of aryl methyl sites for hydroxylation is 1. The summed E-state index contributed by atoms with van der Waals surface area (Å²) in [7, 11) is 0. The maximum absolute atomic E-state index is 11.4. The van der Waals surface area contributed by atoms with Crippen LogP contribution in [0, 0.1) is 6.92 Å². The van der Waals surface area contributed by atoms with Gasteiger partial charge in [-0.25, -0.2) is 4.79 Å². The summed E-state index contributed by atoms with van der Waals surface area (Å²) >= 11 is 0. The van der Waals surface area contributed by atoms with Gasteiger partial charge in [0.05, 0.1) is 12.6 Å². The molecule has 0 spiro atoms. The minimum absolute atomic E-state index is 0.0667. The van der Waals surface area contributed by atoms with E-state index >= 15 is 0 Å². The SMILES string of the molecule is CCC(CO)NC(=O)NCOc1ccc(C)cc1. The summed E-state index contributed by atoms with van der Waals surface area (Å²) in [4.78, 5) is 11.4. The van der Waals surface area contributed by atoms with Gasteiger partial charge in [-0.1, -0.05) is 24.6 Å². The molecule has 1 unspecified atom stereocenters. The fourth-order valence-corrected chi connectivity index (χ4v) is 1.33. The molecule has 0 aromatic heterocycles. The Labute approximate surface area is 107 Å². The van der Waals surface area contributed by atoms with E-state index in [0.717, 1.165) is 5.56 Å². The molecule has 0 saturated carbocycles. The molecule has 1 atom stereocenters. The highest BCUT2D eigenvalue weighted by molar-refractivity contribution is 5.74. The van der Waals surface area contributed by atoms with Crippen molar-refractivity contribution in [1.82, 2.24) is 10.6 Å². The Morgan fingerprint density at radius 3 is 2.61 bits per heavy atom. The van der Waals surface area contributed by atoms with Crippen LogP contribution >= 0.6 is 0 Å². The highest BCUT2D eigenvalue weighted by Crippen LogP contribution is 2.10. The van der Waals surface area contributed by atoms with Crippen molar-refractivity contribution in [3.8, 4) is 5.75 Å². The lowest BCUT2D eigenvalue weighted by Crippen LogP contribution is -2.44. The molecule has 2 amide bonds. The van der Waals surface area contributed by atoms with Gasteiger partial charge < -0.3 is 20.5 Å². The number of hydrogen-bond donors (Lipinski definition) is 3. The predicted molar refractivity (Wildman–Crippen MR) is 69.5 cm³/mol. The molecule has 5 heteroatoms. The third-order valence-corrected chi connectivity index (χ3v) is 2.54. The zero-order valence-corrected chi connectivity index (χ0v) is 10.8. The van der Waals surface area contributed by atoms with E-state index in [4.69, 9.17) is 9.84 Å². The number of nitrogens with one attached hydrogen (secondary N) is 2. The van der Waals surface area contributed by atoms with E-state index in [-0.39, 0.29) is 25.4 Å². The number of ether oxygens (including phenoxy) is 1. The first-order valence-electron chi connectivity index (χ1n) is 6.00. The molecular weight excluding hydrogens is 232 g/mol. The molecule has 1 aromatic rings. The second kappa shape index (κ2) is 7.55. The molecule has 0 radical (unpaired) electrons. The van der Waals surface area contributed by atoms with Crippen molar-refractivity contribution in [1.29, 1.82) is 0 Å². The summed E-state index contributed by atoms with van der Waals surface area (Å²) in [5, 5.41) is 14.1. The largest absolute Gasteiger partial charge is 0.473 e. The van der Waals surface area contributed by atoms with Gasteiger partial charge in [0.15, 0.2) is 6.73 Å². The molecule has 0 heterocycles. The van der Waals surface area contributed by atoms with Crippen molar-refractivity contribution >= 4 is 6.03 Å². The van der Waals surface area contributed by atoms with Gasteiger partial charge in [-0.05, 0) is 25.5 Å². The number of benzene rings is 1. The molecule has 3 N–H and O–H groups in total. The van der Waals surface area contributed by atoms with Crippen molar-refractivity contribution in [2.75, 3.05) is 13.3 Å². The first-order chi connectivity index (χ1) is 8.65.